The third kappa shape index (κ3) is 1.97. The number of amides is 1. The fourth-order valence-corrected chi connectivity index (χ4v) is 2.23. The first-order chi connectivity index (χ1) is 8.84. The molecule has 1 aliphatic heterocycles. The van der Waals surface area contributed by atoms with Gasteiger partial charge in [-0.3, -0.25) is 9.78 Å². The fourth-order valence-electron chi connectivity index (χ4n) is 2.23. The molecule has 1 atom stereocenters. The number of rotatable bonds is 2. The van der Waals surface area contributed by atoms with Crippen molar-refractivity contribution >= 4 is 5.91 Å². The lowest BCUT2D eigenvalue weighted by atomic mass is 10.2. The van der Waals surface area contributed by atoms with Gasteiger partial charge < -0.3 is 4.90 Å². The maximum atomic E-state index is 12.2. The molecule has 6 nitrogen and oxygen atoms in total. The first-order valence-electron chi connectivity index (χ1n) is 5.90. The Morgan fingerprint density at radius 1 is 1.28 bits per heavy atom. The number of hydrogen-bond acceptors (Lipinski definition) is 4. The first-order valence-corrected chi connectivity index (χ1v) is 5.90. The van der Waals surface area contributed by atoms with Gasteiger partial charge in [-0.1, -0.05) is 5.21 Å². The molecule has 0 saturated carbocycles. The van der Waals surface area contributed by atoms with Gasteiger partial charge in [-0.2, -0.15) is 0 Å². The van der Waals surface area contributed by atoms with E-state index in [0.29, 0.717) is 12.1 Å². The molecular formula is C12H13N5O. The van der Waals surface area contributed by atoms with Crippen molar-refractivity contribution in [2.24, 2.45) is 0 Å². The van der Waals surface area contributed by atoms with E-state index in [2.05, 4.69) is 15.3 Å². The van der Waals surface area contributed by atoms with Gasteiger partial charge in [-0.15, -0.1) is 5.10 Å². The van der Waals surface area contributed by atoms with Crippen molar-refractivity contribution in [3.8, 4) is 0 Å². The van der Waals surface area contributed by atoms with Gasteiger partial charge in [-0.25, -0.2) is 4.68 Å². The molecule has 0 aromatic carbocycles. The summed E-state index contributed by atoms with van der Waals surface area (Å²) in [5, 5.41) is 7.78. The van der Waals surface area contributed by atoms with Crippen LogP contribution in [0.4, 0.5) is 0 Å². The Morgan fingerprint density at radius 3 is 2.83 bits per heavy atom. The lowest BCUT2D eigenvalue weighted by Gasteiger charge is -2.16. The summed E-state index contributed by atoms with van der Waals surface area (Å²) in [6.45, 7) is 1.44. The molecule has 1 unspecified atom stereocenters. The molecule has 1 aliphatic rings. The van der Waals surface area contributed by atoms with E-state index >= 15 is 0 Å². The van der Waals surface area contributed by atoms with E-state index in [1.165, 1.54) is 0 Å². The smallest absolute Gasteiger partial charge is 0.254 e. The van der Waals surface area contributed by atoms with Crippen molar-refractivity contribution < 1.29 is 4.79 Å². The van der Waals surface area contributed by atoms with E-state index in [4.69, 9.17) is 0 Å². The SMILES string of the molecule is O=C(c1ccncc1)N1CCC(n2ccnn2)C1. The zero-order valence-corrected chi connectivity index (χ0v) is 9.81. The second-order valence-corrected chi connectivity index (χ2v) is 4.31. The molecule has 6 heteroatoms. The molecule has 1 amide bonds. The standard InChI is InChI=1S/C12H13N5O/c18-12(10-1-4-13-5-2-10)16-7-3-11(9-16)17-8-6-14-15-17/h1-2,4-6,8,11H,3,7,9H2. The second-order valence-electron chi connectivity index (χ2n) is 4.31. The average Bonchev–Trinajstić information content (AvgIpc) is 3.09. The summed E-state index contributed by atoms with van der Waals surface area (Å²) in [5.74, 6) is 0.0556. The van der Waals surface area contributed by atoms with E-state index in [0.717, 1.165) is 13.0 Å². The van der Waals surface area contributed by atoms with E-state index in [1.807, 2.05) is 15.8 Å². The van der Waals surface area contributed by atoms with Crippen LogP contribution in [0.2, 0.25) is 0 Å². The summed E-state index contributed by atoms with van der Waals surface area (Å²) in [6, 6.07) is 3.72. The van der Waals surface area contributed by atoms with Crippen LogP contribution in [0, 0.1) is 0 Å². The molecule has 0 aliphatic carbocycles. The number of hydrogen-bond donors (Lipinski definition) is 0. The quantitative estimate of drug-likeness (QED) is 0.781. The van der Waals surface area contributed by atoms with Gasteiger partial charge in [0.1, 0.15) is 0 Å². The molecular weight excluding hydrogens is 230 g/mol. The average molecular weight is 243 g/mol. The molecule has 2 aromatic heterocycles. The summed E-state index contributed by atoms with van der Waals surface area (Å²) in [6.07, 6.45) is 7.69. The normalized spacial score (nSPS) is 19.1. The highest BCUT2D eigenvalue weighted by atomic mass is 16.2. The Bertz CT molecular complexity index is 525. The molecule has 0 spiro atoms. The molecule has 0 bridgehead atoms. The minimum Gasteiger partial charge on any atom is -0.336 e. The molecule has 3 rings (SSSR count). The molecule has 18 heavy (non-hydrogen) atoms. The molecule has 1 fully saturated rings. The topological polar surface area (TPSA) is 63.9 Å². The van der Waals surface area contributed by atoms with Gasteiger partial charge in [-0.05, 0) is 18.6 Å². The number of carbonyl (C=O) groups excluding carboxylic acids is 1. The van der Waals surface area contributed by atoms with Crippen LogP contribution in [0.15, 0.2) is 36.9 Å². The van der Waals surface area contributed by atoms with Crippen molar-refractivity contribution in [3.05, 3.63) is 42.5 Å². The maximum Gasteiger partial charge on any atom is 0.254 e. The highest BCUT2D eigenvalue weighted by molar-refractivity contribution is 5.94. The monoisotopic (exact) mass is 243 g/mol. The fraction of sp³-hybridized carbons (Fsp3) is 0.333. The largest absolute Gasteiger partial charge is 0.336 e. The highest BCUT2D eigenvalue weighted by Gasteiger charge is 2.28. The van der Waals surface area contributed by atoms with E-state index in [-0.39, 0.29) is 11.9 Å². The van der Waals surface area contributed by atoms with Crippen molar-refractivity contribution in [3.63, 3.8) is 0 Å². The number of nitrogens with zero attached hydrogens (tertiary/aromatic N) is 5. The summed E-state index contributed by atoms with van der Waals surface area (Å²) in [5.41, 5.74) is 0.684. The van der Waals surface area contributed by atoms with E-state index < -0.39 is 0 Å². The Kier molecular flexibility index (Phi) is 2.76. The second kappa shape index (κ2) is 4.56. The zero-order valence-electron chi connectivity index (χ0n) is 9.81. The predicted octanol–water partition coefficient (Wildman–Crippen LogP) is 0.760. The van der Waals surface area contributed by atoms with Gasteiger partial charge in [0.15, 0.2) is 0 Å². The van der Waals surface area contributed by atoms with Crippen LogP contribution in [0.1, 0.15) is 22.8 Å². The van der Waals surface area contributed by atoms with Gasteiger partial charge in [0.25, 0.3) is 5.91 Å². The van der Waals surface area contributed by atoms with Crippen LogP contribution in [-0.2, 0) is 0 Å². The van der Waals surface area contributed by atoms with E-state index in [9.17, 15) is 4.79 Å². The summed E-state index contributed by atoms with van der Waals surface area (Å²) in [7, 11) is 0. The van der Waals surface area contributed by atoms with Crippen LogP contribution in [0.25, 0.3) is 0 Å². The Hall–Kier alpha value is -2.24. The van der Waals surface area contributed by atoms with Crippen LogP contribution < -0.4 is 0 Å². The van der Waals surface area contributed by atoms with Crippen molar-refractivity contribution in [2.75, 3.05) is 13.1 Å². The number of carbonyl (C=O) groups is 1. The highest BCUT2D eigenvalue weighted by Crippen LogP contribution is 2.21. The summed E-state index contributed by atoms with van der Waals surface area (Å²) >= 11 is 0. The molecule has 3 heterocycles. The summed E-state index contributed by atoms with van der Waals surface area (Å²) < 4.78 is 1.82. The van der Waals surface area contributed by atoms with Gasteiger partial charge in [0.05, 0.1) is 12.2 Å². The van der Waals surface area contributed by atoms with E-state index in [1.54, 1.807) is 30.7 Å². The molecule has 0 N–H and O–H groups in total. The number of pyridine rings is 1. The molecule has 0 radical (unpaired) electrons. The maximum absolute atomic E-state index is 12.2. The summed E-state index contributed by atoms with van der Waals surface area (Å²) in [4.78, 5) is 18.0. The van der Waals surface area contributed by atoms with Crippen LogP contribution in [0.3, 0.4) is 0 Å². The third-order valence-corrected chi connectivity index (χ3v) is 3.19. The Balaban J connectivity index is 1.71. The number of aromatic nitrogens is 4. The third-order valence-electron chi connectivity index (χ3n) is 3.19. The predicted molar refractivity (Wildman–Crippen MR) is 63.8 cm³/mol. The Morgan fingerprint density at radius 2 is 2.11 bits per heavy atom. The minimum absolute atomic E-state index is 0.0556. The van der Waals surface area contributed by atoms with Crippen molar-refractivity contribution in [2.45, 2.75) is 12.5 Å². The van der Waals surface area contributed by atoms with Crippen molar-refractivity contribution in [1.82, 2.24) is 24.9 Å². The lowest BCUT2D eigenvalue weighted by molar-refractivity contribution is 0.0787. The lowest BCUT2D eigenvalue weighted by Crippen LogP contribution is -2.29. The van der Waals surface area contributed by atoms with Crippen LogP contribution in [0.5, 0.6) is 0 Å². The minimum atomic E-state index is 0.0556. The molecule has 92 valence electrons. The van der Waals surface area contributed by atoms with Crippen LogP contribution in [-0.4, -0.2) is 43.9 Å². The first kappa shape index (κ1) is 10.9. The van der Waals surface area contributed by atoms with Crippen molar-refractivity contribution in [1.29, 1.82) is 0 Å². The van der Waals surface area contributed by atoms with Gasteiger partial charge in [0, 0.05) is 37.2 Å². The number of likely N-dealkylation sites (tertiary alicyclic amines) is 1. The molecule has 2 aromatic rings. The zero-order chi connectivity index (χ0) is 12.4. The van der Waals surface area contributed by atoms with Crippen LogP contribution >= 0.6 is 0 Å². The van der Waals surface area contributed by atoms with Gasteiger partial charge >= 0.3 is 0 Å². The van der Waals surface area contributed by atoms with Gasteiger partial charge in [0.2, 0.25) is 0 Å². The Labute approximate surface area is 104 Å². The molecule has 1 saturated heterocycles.